The van der Waals surface area contributed by atoms with E-state index in [1.807, 2.05) is 12.1 Å². The van der Waals surface area contributed by atoms with Crippen LogP contribution in [-0.2, 0) is 0 Å². The minimum absolute atomic E-state index is 0.899. The normalized spacial score (nSPS) is 12.2. The van der Waals surface area contributed by atoms with Gasteiger partial charge in [0.1, 0.15) is 11.2 Å². The molecule has 0 atom stereocenters. The number of furan rings is 1. The molecule has 3 aromatic heterocycles. The summed E-state index contributed by atoms with van der Waals surface area (Å²) in [4.78, 5) is 0. The van der Waals surface area contributed by atoms with Crippen LogP contribution in [0.15, 0.2) is 150 Å². The van der Waals surface area contributed by atoms with E-state index in [1.165, 1.54) is 54.4 Å². The van der Waals surface area contributed by atoms with Gasteiger partial charge in [-0.15, -0.1) is 0 Å². The predicted molar refractivity (Wildman–Crippen MR) is 180 cm³/mol. The van der Waals surface area contributed by atoms with Crippen LogP contribution in [0.3, 0.4) is 0 Å². The van der Waals surface area contributed by atoms with Crippen molar-refractivity contribution in [3.8, 4) is 11.4 Å². The van der Waals surface area contributed by atoms with Crippen LogP contribution in [0.2, 0.25) is 0 Å². The number of benzene rings is 7. The lowest BCUT2D eigenvalue weighted by Gasteiger charge is -2.10. The molecule has 3 heterocycles. The maximum Gasteiger partial charge on any atom is 0.137 e. The fourth-order valence-corrected chi connectivity index (χ4v) is 7.24. The van der Waals surface area contributed by atoms with E-state index in [4.69, 9.17) is 4.42 Å². The van der Waals surface area contributed by atoms with Crippen LogP contribution in [0.5, 0.6) is 0 Å². The molecule has 0 radical (unpaired) electrons. The summed E-state index contributed by atoms with van der Waals surface area (Å²) in [6.45, 7) is 0. The van der Waals surface area contributed by atoms with Gasteiger partial charge in [-0.1, -0.05) is 84.9 Å². The summed E-state index contributed by atoms with van der Waals surface area (Å²) in [5.74, 6) is 0. The third-order valence-electron chi connectivity index (χ3n) is 9.08. The molecule has 3 heteroatoms. The zero-order chi connectivity index (χ0) is 28.1. The standard InChI is InChI=1S/C40H24N2O/c1-2-11-26(12-3-1)41-35-21-18-25-10-4-5-13-28(25)40(35)33-23-32-29-14-6-8-16-34(29)42(36(32)24-37(33)41)27-19-20-31-30-15-7-9-17-38(30)43-39(31)22-27/h1-24H. The second-order valence-corrected chi connectivity index (χ2v) is 11.4. The molecule has 0 spiro atoms. The summed E-state index contributed by atoms with van der Waals surface area (Å²) >= 11 is 0. The van der Waals surface area contributed by atoms with E-state index in [0.29, 0.717) is 0 Å². The first-order valence-electron chi connectivity index (χ1n) is 14.7. The third-order valence-corrected chi connectivity index (χ3v) is 9.08. The number of nitrogens with zero attached hydrogens (tertiary/aromatic N) is 2. The van der Waals surface area contributed by atoms with E-state index in [0.717, 1.165) is 33.3 Å². The first-order chi connectivity index (χ1) is 21.3. The summed E-state index contributed by atoms with van der Waals surface area (Å²) in [5.41, 5.74) is 8.82. The van der Waals surface area contributed by atoms with Crippen LogP contribution in [0.4, 0.5) is 0 Å². The highest BCUT2D eigenvalue weighted by Crippen LogP contribution is 2.42. The van der Waals surface area contributed by atoms with Gasteiger partial charge in [-0.3, -0.25) is 0 Å². The maximum absolute atomic E-state index is 6.33. The summed E-state index contributed by atoms with van der Waals surface area (Å²) in [7, 11) is 0. The monoisotopic (exact) mass is 548 g/mol. The number of fused-ring (bicyclic) bond motifs is 11. The van der Waals surface area contributed by atoms with E-state index in [9.17, 15) is 0 Å². The zero-order valence-corrected chi connectivity index (χ0v) is 23.2. The van der Waals surface area contributed by atoms with Crippen molar-refractivity contribution < 1.29 is 4.42 Å². The van der Waals surface area contributed by atoms with Gasteiger partial charge in [-0.25, -0.2) is 0 Å². The van der Waals surface area contributed by atoms with Crippen molar-refractivity contribution in [2.45, 2.75) is 0 Å². The van der Waals surface area contributed by atoms with Crippen LogP contribution in [0, 0.1) is 0 Å². The molecule has 43 heavy (non-hydrogen) atoms. The average Bonchev–Trinajstić information content (AvgIpc) is 3.71. The number of hydrogen-bond donors (Lipinski definition) is 0. The Hall–Kier alpha value is -5.80. The molecule has 0 fully saturated rings. The molecule has 0 amide bonds. The summed E-state index contributed by atoms with van der Waals surface area (Å²) < 4.78 is 11.1. The largest absolute Gasteiger partial charge is 0.456 e. The van der Waals surface area contributed by atoms with Crippen molar-refractivity contribution in [1.82, 2.24) is 9.13 Å². The Morgan fingerprint density at radius 3 is 1.95 bits per heavy atom. The Morgan fingerprint density at radius 2 is 1.05 bits per heavy atom. The highest BCUT2D eigenvalue weighted by molar-refractivity contribution is 6.25. The number of hydrogen-bond acceptors (Lipinski definition) is 1. The second kappa shape index (κ2) is 8.37. The molecule has 0 saturated heterocycles. The smallest absolute Gasteiger partial charge is 0.137 e. The lowest BCUT2D eigenvalue weighted by Crippen LogP contribution is -1.95. The van der Waals surface area contributed by atoms with Crippen LogP contribution in [0.25, 0.3) is 87.7 Å². The second-order valence-electron chi connectivity index (χ2n) is 11.4. The molecule has 0 saturated carbocycles. The summed E-state index contributed by atoms with van der Waals surface area (Å²) in [5, 5.41) is 9.85. The lowest BCUT2D eigenvalue weighted by molar-refractivity contribution is 0.668. The van der Waals surface area contributed by atoms with Gasteiger partial charge in [0.25, 0.3) is 0 Å². The van der Waals surface area contributed by atoms with Crippen molar-refractivity contribution in [2.24, 2.45) is 0 Å². The van der Waals surface area contributed by atoms with Gasteiger partial charge in [0.15, 0.2) is 0 Å². The van der Waals surface area contributed by atoms with E-state index in [2.05, 4.69) is 143 Å². The van der Waals surface area contributed by atoms with E-state index in [1.54, 1.807) is 0 Å². The van der Waals surface area contributed by atoms with Crippen molar-refractivity contribution >= 4 is 76.3 Å². The van der Waals surface area contributed by atoms with Crippen LogP contribution in [-0.4, -0.2) is 9.13 Å². The fourth-order valence-electron chi connectivity index (χ4n) is 7.24. The number of para-hydroxylation sites is 3. The Labute approximate surface area is 246 Å². The van der Waals surface area contributed by atoms with Crippen molar-refractivity contribution in [3.05, 3.63) is 146 Å². The van der Waals surface area contributed by atoms with Gasteiger partial charge in [-0.2, -0.15) is 0 Å². The fraction of sp³-hybridized carbons (Fsp3) is 0. The van der Waals surface area contributed by atoms with Gasteiger partial charge in [0.2, 0.25) is 0 Å². The Balaban J connectivity index is 1.37. The predicted octanol–water partition coefficient (Wildman–Crippen LogP) is 10.9. The van der Waals surface area contributed by atoms with Crippen molar-refractivity contribution in [2.75, 3.05) is 0 Å². The Kier molecular flexibility index (Phi) is 4.45. The minimum Gasteiger partial charge on any atom is -0.456 e. The minimum atomic E-state index is 0.899. The summed E-state index contributed by atoms with van der Waals surface area (Å²) in [6.07, 6.45) is 0. The van der Waals surface area contributed by atoms with E-state index >= 15 is 0 Å². The van der Waals surface area contributed by atoms with Gasteiger partial charge >= 0.3 is 0 Å². The molecule has 0 aliphatic carbocycles. The Bertz CT molecular complexity index is 2720. The van der Waals surface area contributed by atoms with Crippen LogP contribution in [0.1, 0.15) is 0 Å². The molecule has 0 aliphatic rings. The van der Waals surface area contributed by atoms with Gasteiger partial charge < -0.3 is 13.6 Å². The lowest BCUT2D eigenvalue weighted by atomic mass is 10.0. The quantitative estimate of drug-likeness (QED) is 0.211. The van der Waals surface area contributed by atoms with E-state index < -0.39 is 0 Å². The van der Waals surface area contributed by atoms with Gasteiger partial charge in [-0.05, 0) is 65.4 Å². The van der Waals surface area contributed by atoms with E-state index in [-0.39, 0.29) is 0 Å². The first kappa shape index (κ1) is 22.8. The Morgan fingerprint density at radius 1 is 0.349 bits per heavy atom. The molecular formula is C40H24N2O. The first-order valence-corrected chi connectivity index (χ1v) is 14.7. The average molecular weight is 549 g/mol. The highest BCUT2D eigenvalue weighted by Gasteiger charge is 2.20. The third kappa shape index (κ3) is 3.08. The summed E-state index contributed by atoms with van der Waals surface area (Å²) in [6, 6.07) is 52.4. The van der Waals surface area contributed by atoms with Crippen molar-refractivity contribution in [1.29, 1.82) is 0 Å². The maximum atomic E-state index is 6.33. The molecule has 3 nitrogen and oxygen atoms in total. The van der Waals surface area contributed by atoms with Crippen molar-refractivity contribution in [3.63, 3.8) is 0 Å². The zero-order valence-electron chi connectivity index (χ0n) is 23.2. The topological polar surface area (TPSA) is 23.0 Å². The molecular weight excluding hydrogens is 524 g/mol. The van der Waals surface area contributed by atoms with Gasteiger partial charge in [0.05, 0.1) is 22.1 Å². The van der Waals surface area contributed by atoms with Crippen LogP contribution < -0.4 is 0 Å². The molecule has 0 unspecified atom stereocenters. The molecule has 0 N–H and O–H groups in total. The number of rotatable bonds is 2. The highest BCUT2D eigenvalue weighted by atomic mass is 16.3. The number of aromatic nitrogens is 2. The molecule has 0 aliphatic heterocycles. The SMILES string of the molecule is c1ccc(-n2c3cc4c(cc3c3c5ccccc5ccc32)c2ccccc2n4-c2ccc3c(c2)oc2ccccc23)cc1. The molecule has 200 valence electrons. The van der Waals surface area contributed by atoms with Crippen LogP contribution >= 0.6 is 0 Å². The molecule has 10 aromatic rings. The van der Waals surface area contributed by atoms with Gasteiger partial charge in [0, 0.05) is 49.8 Å². The molecule has 0 bridgehead atoms. The molecule has 7 aromatic carbocycles. The molecule has 10 rings (SSSR count).